The summed E-state index contributed by atoms with van der Waals surface area (Å²) >= 11 is 0. The van der Waals surface area contributed by atoms with E-state index in [0.29, 0.717) is 25.7 Å². The Morgan fingerprint density at radius 2 is 1.85 bits per heavy atom. The minimum Gasteiger partial charge on any atom is -0.481 e. The van der Waals surface area contributed by atoms with E-state index in [1.54, 1.807) is 12.2 Å². The topological polar surface area (TPSA) is 98.0 Å². The zero-order chi connectivity index (χ0) is 19.4. The van der Waals surface area contributed by atoms with Gasteiger partial charge in [-0.15, -0.1) is 0 Å². The Morgan fingerprint density at radius 1 is 1.12 bits per heavy atom. The number of aliphatic hydroxyl groups is 3. The zero-order valence-electron chi connectivity index (χ0n) is 15.6. The van der Waals surface area contributed by atoms with Crippen LogP contribution in [0.15, 0.2) is 47.6 Å². The van der Waals surface area contributed by atoms with E-state index in [1.807, 2.05) is 24.3 Å². The number of allylic oxidation sites excluding steroid dienone is 6. The van der Waals surface area contributed by atoms with Crippen LogP contribution in [0.1, 0.15) is 58.3 Å². The van der Waals surface area contributed by atoms with E-state index in [0.717, 1.165) is 30.4 Å². The molecule has 0 saturated heterocycles. The van der Waals surface area contributed by atoms with Crippen LogP contribution in [0.5, 0.6) is 0 Å². The van der Waals surface area contributed by atoms with E-state index in [2.05, 4.69) is 6.92 Å². The maximum absolute atomic E-state index is 10.6. The molecular formula is C21H32O5. The molecule has 26 heavy (non-hydrogen) atoms. The van der Waals surface area contributed by atoms with Crippen LogP contribution in [0.25, 0.3) is 0 Å². The van der Waals surface area contributed by atoms with E-state index in [9.17, 15) is 20.1 Å². The Balaban J connectivity index is 2.54. The fourth-order valence-electron chi connectivity index (χ4n) is 2.81. The molecule has 4 N–H and O–H groups in total. The number of carbonyl (C=O) groups is 1. The van der Waals surface area contributed by atoms with Gasteiger partial charge in [0.05, 0.1) is 18.3 Å². The fraction of sp³-hybridized carbons (Fsp3) is 0.571. The second-order valence-corrected chi connectivity index (χ2v) is 6.76. The molecule has 0 heterocycles. The predicted molar refractivity (Wildman–Crippen MR) is 103 cm³/mol. The SMILES string of the molecule is CCCCC[C@H](O)[C@H](O)/C=C/C1=CC=CC=C([C@@H](O)CCCC(=O)O)C1. The molecule has 0 fully saturated rings. The highest BCUT2D eigenvalue weighted by Crippen LogP contribution is 2.22. The van der Waals surface area contributed by atoms with Crippen molar-refractivity contribution in [2.24, 2.45) is 0 Å². The van der Waals surface area contributed by atoms with Crippen molar-refractivity contribution in [3.05, 3.63) is 47.6 Å². The molecule has 5 nitrogen and oxygen atoms in total. The molecule has 0 aromatic carbocycles. The molecule has 0 spiro atoms. The summed E-state index contributed by atoms with van der Waals surface area (Å²) in [5, 5.41) is 39.0. The van der Waals surface area contributed by atoms with Crippen LogP contribution in [-0.2, 0) is 4.79 Å². The third-order valence-electron chi connectivity index (χ3n) is 4.44. The second kappa shape index (κ2) is 12.6. The lowest BCUT2D eigenvalue weighted by molar-refractivity contribution is -0.137. The number of aliphatic hydroxyl groups excluding tert-OH is 3. The third-order valence-corrected chi connectivity index (χ3v) is 4.44. The molecule has 5 heteroatoms. The summed E-state index contributed by atoms with van der Waals surface area (Å²) in [4.78, 5) is 10.6. The molecule has 0 aromatic heterocycles. The van der Waals surface area contributed by atoms with E-state index in [-0.39, 0.29) is 6.42 Å². The molecule has 0 radical (unpaired) electrons. The van der Waals surface area contributed by atoms with Crippen molar-refractivity contribution >= 4 is 5.97 Å². The Labute approximate surface area is 156 Å². The molecule has 0 bridgehead atoms. The minimum atomic E-state index is -0.909. The van der Waals surface area contributed by atoms with Crippen LogP contribution in [0, 0.1) is 0 Å². The van der Waals surface area contributed by atoms with Gasteiger partial charge in [0.2, 0.25) is 0 Å². The fourth-order valence-corrected chi connectivity index (χ4v) is 2.81. The number of carboxylic acids is 1. The van der Waals surface area contributed by atoms with Crippen molar-refractivity contribution in [1.82, 2.24) is 0 Å². The van der Waals surface area contributed by atoms with E-state index in [1.165, 1.54) is 0 Å². The smallest absolute Gasteiger partial charge is 0.303 e. The molecule has 1 rings (SSSR count). The number of rotatable bonds is 12. The Kier molecular flexibility index (Phi) is 10.9. The van der Waals surface area contributed by atoms with Crippen molar-refractivity contribution in [3.8, 4) is 0 Å². The van der Waals surface area contributed by atoms with Crippen LogP contribution in [0.3, 0.4) is 0 Å². The van der Waals surface area contributed by atoms with Gasteiger partial charge < -0.3 is 20.4 Å². The summed E-state index contributed by atoms with van der Waals surface area (Å²) in [6, 6.07) is 0. The molecule has 146 valence electrons. The van der Waals surface area contributed by atoms with Gasteiger partial charge in [0, 0.05) is 6.42 Å². The van der Waals surface area contributed by atoms with Gasteiger partial charge >= 0.3 is 5.97 Å². The summed E-state index contributed by atoms with van der Waals surface area (Å²) in [5.41, 5.74) is 1.74. The van der Waals surface area contributed by atoms with Gasteiger partial charge in [0.1, 0.15) is 0 Å². The van der Waals surface area contributed by atoms with Gasteiger partial charge in [-0.25, -0.2) is 0 Å². The summed E-state index contributed by atoms with van der Waals surface area (Å²) < 4.78 is 0. The molecule has 0 aromatic rings. The number of aliphatic carboxylic acids is 1. The average Bonchev–Trinajstić information content (AvgIpc) is 2.85. The number of hydrogen-bond acceptors (Lipinski definition) is 4. The number of hydrogen-bond donors (Lipinski definition) is 4. The predicted octanol–water partition coefficient (Wildman–Crippen LogP) is 3.27. The lowest BCUT2D eigenvalue weighted by Gasteiger charge is -2.16. The summed E-state index contributed by atoms with van der Waals surface area (Å²) in [5.74, 6) is -0.859. The zero-order valence-corrected chi connectivity index (χ0v) is 15.6. The lowest BCUT2D eigenvalue weighted by Crippen LogP contribution is -2.23. The minimum absolute atomic E-state index is 0.0465. The summed E-state index contributed by atoms with van der Waals surface area (Å²) in [6.45, 7) is 2.09. The highest BCUT2D eigenvalue weighted by molar-refractivity contribution is 5.66. The van der Waals surface area contributed by atoms with Crippen LogP contribution in [0.2, 0.25) is 0 Å². The average molecular weight is 364 g/mol. The molecule has 0 saturated carbocycles. The van der Waals surface area contributed by atoms with E-state index in [4.69, 9.17) is 5.11 Å². The molecule has 0 unspecified atom stereocenters. The Bertz CT molecular complexity index is 545. The summed E-state index contributed by atoms with van der Waals surface area (Å²) in [6.07, 6.45) is 13.4. The van der Waals surface area contributed by atoms with Gasteiger partial charge in [-0.2, -0.15) is 0 Å². The monoisotopic (exact) mass is 364 g/mol. The van der Waals surface area contributed by atoms with Crippen LogP contribution in [-0.4, -0.2) is 44.7 Å². The molecule has 0 aliphatic heterocycles. The normalized spacial score (nSPS) is 18.2. The second-order valence-electron chi connectivity index (χ2n) is 6.76. The van der Waals surface area contributed by atoms with Gasteiger partial charge in [0.15, 0.2) is 0 Å². The standard InChI is InChI=1S/C21H32O5/c1-2-3-4-10-19(23)20(24)14-13-16-8-5-6-9-17(15-16)18(22)11-7-12-21(25)26/h5-6,8-9,13-14,18-20,22-24H,2-4,7,10-12,15H2,1H3,(H,25,26)/b14-13+/t18-,19-,20+/m0/s1. The van der Waals surface area contributed by atoms with Crippen molar-refractivity contribution in [3.63, 3.8) is 0 Å². The highest BCUT2D eigenvalue weighted by Gasteiger charge is 2.15. The van der Waals surface area contributed by atoms with Crippen molar-refractivity contribution < 1.29 is 25.2 Å². The van der Waals surface area contributed by atoms with Gasteiger partial charge in [-0.1, -0.05) is 62.6 Å². The van der Waals surface area contributed by atoms with E-state index < -0.39 is 24.3 Å². The first kappa shape index (κ1) is 22.4. The molecular weight excluding hydrogens is 332 g/mol. The van der Waals surface area contributed by atoms with Gasteiger partial charge in [-0.05, 0) is 36.8 Å². The van der Waals surface area contributed by atoms with Gasteiger partial charge in [-0.3, -0.25) is 4.79 Å². The Hall–Kier alpha value is -1.69. The molecule has 0 amide bonds. The maximum Gasteiger partial charge on any atom is 0.303 e. The first-order chi connectivity index (χ1) is 12.4. The number of unbranched alkanes of at least 4 members (excludes halogenated alkanes) is 2. The van der Waals surface area contributed by atoms with E-state index >= 15 is 0 Å². The van der Waals surface area contributed by atoms with Crippen molar-refractivity contribution in [1.29, 1.82) is 0 Å². The van der Waals surface area contributed by atoms with Crippen LogP contribution >= 0.6 is 0 Å². The summed E-state index contributed by atoms with van der Waals surface area (Å²) in [7, 11) is 0. The van der Waals surface area contributed by atoms with Crippen LogP contribution < -0.4 is 0 Å². The van der Waals surface area contributed by atoms with Crippen molar-refractivity contribution in [2.45, 2.75) is 76.6 Å². The maximum atomic E-state index is 10.6. The number of carboxylic acid groups (broad SMARTS) is 1. The first-order valence-corrected chi connectivity index (χ1v) is 9.44. The first-order valence-electron chi connectivity index (χ1n) is 9.44. The quantitative estimate of drug-likeness (QED) is 0.398. The van der Waals surface area contributed by atoms with Crippen LogP contribution in [0.4, 0.5) is 0 Å². The van der Waals surface area contributed by atoms with Crippen molar-refractivity contribution in [2.75, 3.05) is 0 Å². The largest absolute Gasteiger partial charge is 0.481 e. The Morgan fingerprint density at radius 3 is 2.54 bits per heavy atom. The molecule has 1 aliphatic carbocycles. The molecule has 3 atom stereocenters. The lowest BCUT2D eigenvalue weighted by atomic mass is 9.96. The molecule has 1 aliphatic rings. The highest BCUT2D eigenvalue weighted by atomic mass is 16.4. The third kappa shape index (κ3) is 9.13. The van der Waals surface area contributed by atoms with Gasteiger partial charge in [0.25, 0.3) is 0 Å².